The molecule has 2 amide bonds. The van der Waals surface area contributed by atoms with Crippen molar-refractivity contribution >= 4 is 33.4 Å². The van der Waals surface area contributed by atoms with Crippen LogP contribution in [-0.4, -0.2) is 36.0 Å². The Bertz CT molecular complexity index is 1080. The normalized spacial score (nSPS) is 18.4. The number of amides is 2. The van der Waals surface area contributed by atoms with E-state index in [0.29, 0.717) is 23.6 Å². The Morgan fingerprint density at radius 2 is 2.00 bits per heavy atom. The number of benzene rings is 2. The summed E-state index contributed by atoms with van der Waals surface area (Å²) >= 11 is 3.41. The van der Waals surface area contributed by atoms with E-state index in [0.717, 1.165) is 10.0 Å². The summed E-state index contributed by atoms with van der Waals surface area (Å²) in [6.07, 6.45) is 1.47. The Kier molecular flexibility index (Phi) is 5.59. The van der Waals surface area contributed by atoms with Gasteiger partial charge in [-0.15, -0.1) is 0 Å². The topological polar surface area (TPSA) is 84.7 Å². The molecule has 0 aliphatic carbocycles. The fraction of sp³-hybridized carbons (Fsp3) is 0.227. The molecule has 0 radical (unpaired) electrons. The minimum absolute atomic E-state index is 0.0897. The van der Waals surface area contributed by atoms with Crippen LogP contribution in [0.4, 0.5) is 5.69 Å². The van der Waals surface area contributed by atoms with Gasteiger partial charge in [0, 0.05) is 17.9 Å². The number of hydrogen-bond donors (Lipinski definition) is 1. The monoisotopic (exact) mass is 469 g/mol. The summed E-state index contributed by atoms with van der Waals surface area (Å²) in [4.78, 5) is 31.3. The number of carbonyl (C=O) groups excluding carboxylic acids is 2. The summed E-state index contributed by atoms with van der Waals surface area (Å²) in [6.45, 7) is 1.74. The van der Waals surface area contributed by atoms with Crippen molar-refractivity contribution in [3.05, 3.63) is 76.4 Å². The van der Waals surface area contributed by atoms with Crippen LogP contribution in [0.2, 0.25) is 0 Å². The third-order valence-corrected chi connectivity index (χ3v) is 5.41. The molecule has 2 aromatic carbocycles. The van der Waals surface area contributed by atoms with E-state index in [1.54, 1.807) is 26.1 Å². The van der Waals surface area contributed by atoms with Gasteiger partial charge >= 0.3 is 5.91 Å². The highest BCUT2D eigenvalue weighted by atomic mass is 79.9. The van der Waals surface area contributed by atoms with Gasteiger partial charge < -0.3 is 19.4 Å². The van der Waals surface area contributed by atoms with E-state index < -0.39 is 18.1 Å². The van der Waals surface area contributed by atoms with Crippen molar-refractivity contribution in [1.82, 2.24) is 10.3 Å². The van der Waals surface area contributed by atoms with Crippen molar-refractivity contribution in [3.63, 3.8) is 0 Å². The summed E-state index contributed by atoms with van der Waals surface area (Å²) < 4.78 is 12.4. The minimum atomic E-state index is -0.891. The molecule has 0 unspecified atom stereocenters. The first-order chi connectivity index (χ1) is 14.4. The summed E-state index contributed by atoms with van der Waals surface area (Å²) in [5, 5.41) is 2.71. The zero-order chi connectivity index (χ0) is 21.3. The number of carbonyl (C=O) groups is 2. The van der Waals surface area contributed by atoms with Gasteiger partial charge in [-0.3, -0.25) is 9.59 Å². The zero-order valence-electron chi connectivity index (χ0n) is 16.5. The number of rotatable bonds is 4. The summed E-state index contributed by atoms with van der Waals surface area (Å²) in [5.41, 5.74) is 1.67. The Labute approximate surface area is 182 Å². The molecule has 0 spiro atoms. The molecule has 1 N–H and O–H groups in total. The second kappa shape index (κ2) is 8.31. The first-order valence-electron chi connectivity index (χ1n) is 9.45. The predicted molar refractivity (Wildman–Crippen MR) is 115 cm³/mol. The Morgan fingerprint density at radius 1 is 1.23 bits per heavy atom. The fourth-order valence-electron chi connectivity index (χ4n) is 3.32. The fourth-order valence-corrected chi connectivity index (χ4v) is 3.67. The number of nitrogens with zero attached hydrogens (tertiary/aromatic N) is 2. The number of ether oxygens (including phenoxy) is 1. The molecule has 1 aromatic heterocycles. The summed E-state index contributed by atoms with van der Waals surface area (Å²) in [7, 11) is 1.65. The molecule has 154 valence electrons. The summed E-state index contributed by atoms with van der Waals surface area (Å²) in [6, 6.07) is 14.3. The maximum atomic E-state index is 13.0. The number of fused-ring (bicyclic) bond motifs is 1. The molecular formula is C22H20BrN3O4. The molecule has 1 aliphatic rings. The number of hydrogen-bond acceptors (Lipinski definition) is 5. The van der Waals surface area contributed by atoms with E-state index in [-0.39, 0.29) is 11.8 Å². The van der Waals surface area contributed by atoms with Gasteiger partial charge in [-0.1, -0.05) is 46.3 Å². The minimum Gasteiger partial charge on any atom is -0.486 e. The Balaban J connectivity index is 1.50. The second-order valence-corrected chi connectivity index (χ2v) is 7.99. The van der Waals surface area contributed by atoms with Crippen LogP contribution in [0.25, 0.3) is 0 Å². The smallest absolute Gasteiger partial charge is 0.307 e. The number of oxazole rings is 1. The van der Waals surface area contributed by atoms with Gasteiger partial charge in [0.05, 0.1) is 11.9 Å². The Morgan fingerprint density at radius 3 is 2.77 bits per heavy atom. The van der Waals surface area contributed by atoms with Crippen LogP contribution < -0.4 is 15.0 Å². The predicted octanol–water partition coefficient (Wildman–Crippen LogP) is 3.57. The van der Waals surface area contributed by atoms with E-state index in [1.807, 2.05) is 36.4 Å². The molecule has 1 aliphatic heterocycles. The highest BCUT2D eigenvalue weighted by Crippen LogP contribution is 2.34. The van der Waals surface area contributed by atoms with Crippen LogP contribution in [0, 0.1) is 0 Å². The molecule has 0 saturated carbocycles. The van der Waals surface area contributed by atoms with Crippen LogP contribution in [0.1, 0.15) is 28.9 Å². The number of likely N-dealkylation sites (N-methyl/N-ethyl adjacent to an activating group) is 1. The lowest BCUT2D eigenvalue weighted by Crippen LogP contribution is -2.53. The van der Waals surface area contributed by atoms with Gasteiger partial charge in [0.25, 0.3) is 11.8 Å². The summed E-state index contributed by atoms with van der Waals surface area (Å²) in [5.74, 6) is 0.192. The molecule has 0 saturated heterocycles. The number of anilines is 1. The quantitative estimate of drug-likeness (QED) is 0.631. The van der Waals surface area contributed by atoms with Crippen molar-refractivity contribution in [1.29, 1.82) is 0 Å². The SMILES string of the molecule is C[C@H]1Oc2ccc(Br)cc2N(C)C(=O)[C@H]1NC(=O)c1ncc(Cc2ccccc2)o1. The third kappa shape index (κ3) is 4.09. The van der Waals surface area contributed by atoms with Crippen molar-refractivity contribution in [3.8, 4) is 5.75 Å². The van der Waals surface area contributed by atoms with Gasteiger partial charge in [-0.25, -0.2) is 4.98 Å². The largest absolute Gasteiger partial charge is 0.486 e. The Hall–Kier alpha value is -3.13. The van der Waals surface area contributed by atoms with Crippen LogP contribution in [0.15, 0.2) is 63.6 Å². The van der Waals surface area contributed by atoms with Crippen LogP contribution in [0.3, 0.4) is 0 Å². The number of aromatic nitrogens is 1. The first kappa shape index (κ1) is 20.2. The molecular weight excluding hydrogens is 450 g/mol. The molecule has 7 nitrogen and oxygen atoms in total. The first-order valence-corrected chi connectivity index (χ1v) is 10.2. The molecule has 3 aromatic rings. The van der Waals surface area contributed by atoms with Gasteiger partial charge in [0.1, 0.15) is 23.7 Å². The van der Waals surface area contributed by atoms with E-state index in [9.17, 15) is 9.59 Å². The lowest BCUT2D eigenvalue weighted by molar-refractivity contribution is -0.121. The molecule has 8 heteroatoms. The highest BCUT2D eigenvalue weighted by Gasteiger charge is 2.36. The number of nitrogens with one attached hydrogen (secondary N) is 1. The van der Waals surface area contributed by atoms with E-state index >= 15 is 0 Å². The third-order valence-electron chi connectivity index (χ3n) is 4.92. The van der Waals surface area contributed by atoms with Crippen molar-refractivity contribution in [2.75, 3.05) is 11.9 Å². The van der Waals surface area contributed by atoms with Crippen molar-refractivity contribution < 1.29 is 18.7 Å². The average Bonchev–Trinajstić information content (AvgIpc) is 3.18. The van der Waals surface area contributed by atoms with Crippen LogP contribution in [-0.2, 0) is 11.2 Å². The molecule has 2 heterocycles. The molecule has 0 fully saturated rings. The van der Waals surface area contributed by atoms with Crippen molar-refractivity contribution in [2.45, 2.75) is 25.5 Å². The van der Waals surface area contributed by atoms with Crippen molar-refractivity contribution in [2.24, 2.45) is 0 Å². The van der Waals surface area contributed by atoms with Gasteiger partial charge in [0.2, 0.25) is 0 Å². The van der Waals surface area contributed by atoms with E-state index in [4.69, 9.17) is 9.15 Å². The van der Waals surface area contributed by atoms with Crippen LogP contribution in [0.5, 0.6) is 5.75 Å². The lowest BCUT2D eigenvalue weighted by Gasteiger charge is -2.23. The standard InChI is InChI=1S/C22H20BrN3O4/c1-13-19(22(28)26(2)17-11-15(23)8-9-18(17)29-13)25-20(27)21-24-12-16(30-21)10-14-6-4-3-5-7-14/h3-9,11-13,19H,10H2,1-2H3,(H,25,27)/t13-,19+/m1/s1. The lowest BCUT2D eigenvalue weighted by atomic mass is 10.1. The molecule has 0 bridgehead atoms. The maximum Gasteiger partial charge on any atom is 0.307 e. The van der Waals surface area contributed by atoms with E-state index in [2.05, 4.69) is 26.2 Å². The molecule has 2 atom stereocenters. The molecule has 30 heavy (non-hydrogen) atoms. The molecule has 4 rings (SSSR count). The van der Waals surface area contributed by atoms with E-state index in [1.165, 1.54) is 11.1 Å². The highest BCUT2D eigenvalue weighted by molar-refractivity contribution is 9.10. The maximum absolute atomic E-state index is 13.0. The number of halogens is 1. The van der Waals surface area contributed by atoms with Gasteiger partial charge in [0.15, 0.2) is 0 Å². The second-order valence-electron chi connectivity index (χ2n) is 7.08. The average molecular weight is 470 g/mol. The van der Waals surface area contributed by atoms with Gasteiger partial charge in [-0.2, -0.15) is 0 Å². The van der Waals surface area contributed by atoms with Gasteiger partial charge in [-0.05, 0) is 30.7 Å². The zero-order valence-corrected chi connectivity index (χ0v) is 18.0. The van der Waals surface area contributed by atoms with Crippen LogP contribution >= 0.6 is 15.9 Å².